The molecule has 0 aliphatic carbocycles. The number of ketones is 1. The van der Waals surface area contributed by atoms with Gasteiger partial charge in [-0.25, -0.2) is 9.05 Å². The number of alkyl halides is 9. The van der Waals surface area contributed by atoms with Gasteiger partial charge in [-0.05, 0) is 78.6 Å². The van der Waals surface area contributed by atoms with Crippen molar-refractivity contribution in [2.45, 2.75) is 42.2 Å². The summed E-state index contributed by atoms with van der Waals surface area (Å²) in [5.74, 6) is -2.31. The lowest BCUT2D eigenvalue weighted by Crippen LogP contribution is -2.18. The van der Waals surface area contributed by atoms with Gasteiger partial charge in [0.2, 0.25) is 12.0 Å². The molecule has 53 heavy (non-hydrogen) atoms. The lowest BCUT2D eigenvalue weighted by atomic mass is 10.2. The average Bonchev–Trinajstić information content (AvgIpc) is 3.03. The molecule has 23 heteroatoms. The lowest BCUT2D eigenvalue weighted by molar-refractivity contribution is -0.134. The number of allylic oxidation sites excluding steroid dienone is 1. The van der Waals surface area contributed by atoms with E-state index in [1.54, 1.807) is 26.1 Å². The number of pyridine rings is 2. The molecule has 294 valence electrons. The number of carboxylic acids is 1. The number of carbonyl (C=O) groups excluding carboxylic acids is 1. The van der Waals surface area contributed by atoms with Crippen molar-refractivity contribution in [3.05, 3.63) is 95.3 Å². The van der Waals surface area contributed by atoms with E-state index in [4.69, 9.17) is 38.6 Å². The first-order valence-corrected chi connectivity index (χ1v) is 16.7. The summed E-state index contributed by atoms with van der Waals surface area (Å²) in [6.45, 7) is 11.0. The molecule has 0 spiro atoms. The predicted molar refractivity (Wildman–Crippen MR) is 188 cm³/mol. The minimum absolute atomic E-state index is 0. The van der Waals surface area contributed by atoms with Crippen LogP contribution in [0.25, 0.3) is 4.85 Å². The van der Waals surface area contributed by atoms with Crippen LogP contribution in [0.2, 0.25) is 0 Å². The smallest absolute Gasteiger partial charge is 0.384 e. The second-order valence-electron chi connectivity index (χ2n) is 9.24. The topological polar surface area (TPSA) is 209 Å². The van der Waals surface area contributed by atoms with Crippen molar-refractivity contribution in [2.75, 3.05) is 27.0 Å². The van der Waals surface area contributed by atoms with E-state index in [0.717, 1.165) is 37.7 Å². The normalized spacial score (nSPS) is 12.2. The molecule has 0 fully saturated rings. The zero-order valence-corrected chi connectivity index (χ0v) is 31.9. The third kappa shape index (κ3) is 28.6. The van der Waals surface area contributed by atoms with E-state index in [0.29, 0.717) is 18.2 Å². The van der Waals surface area contributed by atoms with Gasteiger partial charge in [-0.2, -0.15) is 36.9 Å². The summed E-state index contributed by atoms with van der Waals surface area (Å²) in [7, 11) is 0.995. The number of carbonyl (C=O) groups is 2. The number of nitriles is 2. The second kappa shape index (κ2) is 27.0. The number of hydrogen-bond acceptors (Lipinski definition) is 11. The fourth-order valence-corrected chi connectivity index (χ4v) is 3.57. The summed E-state index contributed by atoms with van der Waals surface area (Å²) in [6, 6.07) is 6.41. The molecular weight excluding hydrogens is 805 g/mol. The van der Waals surface area contributed by atoms with Gasteiger partial charge in [0.25, 0.3) is 5.97 Å². The van der Waals surface area contributed by atoms with Crippen molar-refractivity contribution in [2.24, 2.45) is 4.36 Å². The van der Waals surface area contributed by atoms with Crippen LogP contribution in [0, 0.1) is 29.4 Å². The summed E-state index contributed by atoms with van der Waals surface area (Å²) >= 11 is 13.9. The maximum atomic E-state index is 12.7. The Morgan fingerprint density at radius 3 is 1.83 bits per heavy atom. The Bertz CT molecular complexity index is 1700. The van der Waals surface area contributed by atoms with Crippen LogP contribution >= 0.6 is 34.8 Å². The molecule has 0 aliphatic heterocycles. The largest absolute Gasteiger partial charge is 0.501 e. The predicted octanol–water partition coefficient (Wildman–Crippen LogP) is 8.38. The van der Waals surface area contributed by atoms with Crippen molar-refractivity contribution in [1.29, 1.82) is 10.5 Å². The maximum absolute atomic E-state index is 12.7. The number of nitrogens with zero attached hydrogens (tertiary/aromatic N) is 7. The Hall–Kier alpha value is -4.65. The zero-order chi connectivity index (χ0) is 41.3. The fourth-order valence-electron chi connectivity index (χ4n) is 2.32. The molecule has 2 aromatic rings. The molecule has 0 radical (unpaired) electrons. The number of aliphatic carboxylic acids is 1. The lowest BCUT2D eigenvalue weighted by Gasteiger charge is -2.13. The Balaban J connectivity index is -0.000000303. The van der Waals surface area contributed by atoms with Gasteiger partial charge >= 0.3 is 16.1 Å². The van der Waals surface area contributed by atoms with E-state index in [2.05, 4.69) is 47.1 Å². The van der Waals surface area contributed by atoms with Crippen molar-refractivity contribution in [3.63, 3.8) is 0 Å². The minimum Gasteiger partial charge on any atom is -0.501 e. The molecule has 4 N–H and O–H groups in total. The van der Waals surface area contributed by atoms with Crippen LogP contribution in [-0.2, 0) is 34.8 Å². The molecule has 2 rings (SSSR count). The summed E-state index contributed by atoms with van der Waals surface area (Å²) in [5.41, 5.74) is -0.464. The van der Waals surface area contributed by atoms with Crippen LogP contribution in [-0.4, -0.2) is 68.3 Å². The summed E-state index contributed by atoms with van der Waals surface area (Å²) in [6.07, 6.45) is 9.61. The summed E-state index contributed by atoms with van der Waals surface area (Å²) in [5, 5.41) is 12.7. The van der Waals surface area contributed by atoms with Gasteiger partial charge in [0.15, 0.2) is 6.20 Å². The average molecular weight is 840 g/mol. The summed E-state index contributed by atoms with van der Waals surface area (Å²) in [4.78, 5) is 30.9. The van der Waals surface area contributed by atoms with E-state index in [-0.39, 0.29) is 11.7 Å². The van der Waals surface area contributed by atoms with Crippen LogP contribution in [0.15, 0.2) is 65.8 Å². The standard InChI is InChI=1S/C10H10ClF2N3OS.C7H3ClF2N2.C6H7ClF2O2.C5H8N2.C2H4O2.H3N/c1-7(18(2,17)16-6-14)8-3-4-9(15-5-8)10(11,12)13;8-7(9,10)6-2-1-5(3-11)4-12-6;1-2-11-4-3-5(10)6(7,8)9;1-6-4-5-7(2)3;1-2(3)4;/h3-5,7H,1-2H3;1-2,4H;3-4H,2H2,1H3;4-5H,2-3H3;1H3,(H,3,4);1H3/b;;4-3+;5-4+;;. The van der Waals surface area contributed by atoms with E-state index in [1.165, 1.54) is 30.8 Å². The molecule has 0 aromatic carbocycles. The highest BCUT2D eigenvalue weighted by Gasteiger charge is 2.33. The highest BCUT2D eigenvalue weighted by Crippen LogP contribution is 2.32. The van der Waals surface area contributed by atoms with Crippen molar-refractivity contribution in [3.8, 4) is 12.3 Å². The van der Waals surface area contributed by atoms with Crippen molar-refractivity contribution in [1.82, 2.24) is 21.0 Å². The van der Waals surface area contributed by atoms with Crippen LogP contribution in [0.5, 0.6) is 0 Å². The van der Waals surface area contributed by atoms with Crippen LogP contribution < -0.4 is 6.15 Å². The van der Waals surface area contributed by atoms with Gasteiger partial charge in [-0.15, -0.1) is 4.36 Å². The fraction of sp³-hybridized carbons (Fsp3) is 0.367. The molecule has 2 atom stereocenters. The van der Waals surface area contributed by atoms with Crippen molar-refractivity contribution < 1.29 is 50.0 Å². The minimum atomic E-state index is -3.83. The third-order valence-corrected chi connectivity index (χ3v) is 7.41. The van der Waals surface area contributed by atoms with Crippen LogP contribution in [0.4, 0.5) is 26.3 Å². The Morgan fingerprint density at radius 2 is 1.55 bits per heavy atom. The first kappa shape index (κ1) is 55.1. The van der Waals surface area contributed by atoms with E-state index in [1.807, 2.05) is 19.0 Å². The number of ether oxygens (including phenoxy) is 1. The molecule has 0 saturated carbocycles. The highest BCUT2D eigenvalue weighted by atomic mass is 35.5. The number of hydrogen-bond donors (Lipinski definition) is 2. The Morgan fingerprint density at radius 1 is 1.08 bits per heavy atom. The number of aromatic nitrogens is 2. The third-order valence-electron chi connectivity index (χ3n) is 4.81. The molecule has 0 saturated heterocycles. The van der Waals surface area contributed by atoms with E-state index < -0.39 is 54.3 Å². The highest BCUT2D eigenvalue weighted by molar-refractivity contribution is 7.93. The number of halogens is 9. The molecule has 0 bridgehead atoms. The molecule has 2 unspecified atom stereocenters. The van der Waals surface area contributed by atoms with Gasteiger partial charge in [0.05, 0.1) is 40.0 Å². The SMILES string of the molecule is CC(=O)O.CC(c1ccc(C(F)(F)Cl)nc1)S(C)(=O)=NC#N.CCO/C=C/C(=O)C(F)(F)Cl.N.N#Cc1ccc(C(F)(F)Cl)nc1.[C-]#[N+]/C=C/N(C)C. The Labute approximate surface area is 318 Å². The second-order valence-corrected chi connectivity index (χ2v) is 13.3. The monoisotopic (exact) mass is 838 g/mol. The zero-order valence-electron chi connectivity index (χ0n) is 28.8. The van der Waals surface area contributed by atoms with Crippen LogP contribution in [0.3, 0.4) is 0 Å². The van der Waals surface area contributed by atoms with Gasteiger partial charge in [-0.1, -0.05) is 6.07 Å². The molecule has 0 amide bonds. The number of rotatable bonds is 9. The molecular formula is C30H35Cl3F6N8O5S. The van der Waals surface area contributed by atoms with Gasteiger partial charge in [0, 0.05) is 45.7 Å². The maximum Gasteiger partial charge on any atom is 0.384 e. The van der Waals surface area contributed by atoms with Crippen LogP contribution in [0.1, 0.15) is 48.5 Å². The van der Waals surface area contributed by atoms with Crippen molar-refractivity contribution >= 4 is 56.3 Å². The van der Waals surface area contributed by atoms with E-state index >= 15 is 0 Å². The molecule has 13 nitrogen and oxygen atoms in total. The van der Waals surface area contributed by atoms with Gasteiger partial charge in [-0.3, -0.25) is 19.6 Å². The van der Waals surface area contributed by atoms with E-state index in [9.17, 15) is 35.3 Å². The molecule has 2 heterocycles. The van der Waals surface area contributed by atoms with Gasteiger partial charge < -0.3 is 20.9 Å². The first-order valence-electron chi connectivity index (χ1n) is 13.5. The molecule has 0 aliphatic rings. The summed E-state index contributed by atoms with van der Waals surface area (Å²) < 4.78 is 93.6. The number of carboxylic acid groups (broad SMARTS) is 1. The van der Waals surface area contributed by atoms with Gasteiger partial charge in [0.1, 0.15) is 17.5 Å². The molecule has 2 aromatic heterocycles. The first-order chi connectivity index (χ1) is 23.7. The Kier molecular flexibility index (Phi) is 28.1. The quantitative estimate of drug-likeness (QED) is 0.0612.